The van der Waals surface area contributed by atoms with E-state index in [1.54, 1.807) is 6.07 Å². The van der Waals surface area contributed by atoms with Gasteiger partial charge in [-0.05, 0) is 35.7 Å². The Morgan fingerprint density at radius 3 is 2.50 bits per heavy atom. The maximum absolute atomic E-state index is 12.2. The maximum atomic E-state index is 12.2. The molecule has 2 unspecified atom stereocenters. The first kappa shape index (κ1) is 17.9. The van der Waals surface area contributed by atoms with E-state index in [1.165, 1.54) is 0 Å². The summed E-state index contributed by atoms with van der Waals surface area (Å²) < 4.78 is 0. The highest BCUT2D eigenvalue weighted by molar-refractivity contribution is 5.98. The molecule has 0 fully saturated rings. The van der Waals surface area contributed by atoms with Crippen molar-refractivity contribution in [3.63, 3.8) is 0 Å². The first-order valence-corrected chi connectivity index (χ1v) is 8.18. The third kappa shape index (κ3) is 4.80. The highest BCUT2D eigenvalue weighted by Crippen LogP contribution is 2.15. The van der Waals surface area contributed by atoms with Crippen LogP contribution < -0.4 is 10.6 Å². The fraction of sp³-hybridized carbons (Fsp3) is 0.368. The fourth-order valence-electron chi connectivity index (χ4n) is 2.35. The smallest absolute Gasteiger partial charge is 0.251 e. The van der Waals surface area contributed by atoms with Gasteiger partial charge in [-0.1, -0.05) is 37.3 Å². The SMILES string of the molecule is CC(CO)C(C)NC(=O)CCNC(=O)c1ccc2ccccc2c1. The van der Waals surface area contributed by atoms with Gasteiger partial charge >= 0.3 is 0 Å². The summed E-state index contributed by atoms with van der Waals surface area (Å²) in [5, 5.41) is 16.7. The molecule has 2 aromatic rings. The van der Waals surface area contributed by atoms with Crippen LogP contribution in [0.4, 0.5) is 0 Å². The number of aliphatic hydroxyl groups is 1. The average Bonchev–Trinajstić information content (AvgIpc) is 2.60. The molecule has 0 heterocycles. The molecule has 0 aliphatic carbocycles. The van der Waals surface area contributed by atoms with Gasteiger partial charge in [-0.2, -0.15) is 0 Å². The van der Waals surface area contributed by atoms with Crippen LogP contribution in [-0.2, 0) is 4.79 Å². The van der Waals surface area contributed by atoms with Crippen molar-refractivity contribution in [3.05, 3.63) is 48.0 Å². The van der Waals surface area contributed by atoms with Gasteiger partial charge in [0.1, 0.15) is 0 Å². The van der Waals surface area contributed by atoms with E-state index in [-0.39, 0.29) is 43.3 Å². The van der Waals surface area contributed by atoms with Gasteiger partial charge in [0.2, 0.25) is 5.91 Å². The topological polar surface area (TPSA) is 78.4 Å². The van der Waals surface area contributed by atoms with Crippen LogP contribution in [-0.4, -0.2) is 36.1 Å². The Bertz CT molecular complexity index is 715. The molecule has 0 saturated carbocycles. The summed E-state index contributed by atoms with van der Waals surface area (Å²) in [4.78, 5) is 24.0. The summed E-state index contributed by atoms with van der Waals surface area (Å²) in [6.07, 6.45) is 0.210. The van der Waals surface area contributed by atoms with Gasteiger partial charge in [0.15, 0.2) is 0 Å². The van der Waals surface area contributed by atoms with E-state index in [0.717, 1.165) is 10.8 Å². The number of rotatable bonds is 7. The molecule has 3 N–H and O–H groups in total. The Hall–Kier alpha value is -2.40. The van der Waals surface area contributed by atoms with E-state index < -0.39 is 0 Å². The number of aliphatic hydroxyl groups excluding tert-OH is 1. The Balaban J connectivity index is 1.83. The second-order valence-corrected chi connectivity index (χ2v) is 6.08. The largest absolute Gasteiger partial charge is 0.396 e. The van der Waals surface area contributed by atoms with Crippen LogP contribution in [0.25, 0.3) is 10.8 Å². The van der Waals surface area contributed by atoms with Gasteiger partial charge in [-0.3, -0.25) is 9.59 Å². The lowest BCUT2D eigenvalue weighted by Crippen LogP contribution is -2.39. The predicted octanol–water partition coefficient (Wildman–Crippen LogP) is 2.09. The van der Waals surface area contributed by atoms with Gasteiger partial charge in [-0.25, -0.2) is 0 Å². The van der Waals surface area contributed by atoms with E-state index >= 15 is 0 Å². The number of nitrogens with one attached hydrogen (secondary N) is 2. The van der Waals surface area contributed by atoms with E-state index in [1.807, 2.05) is 50.2 Å². The van der Waals surface area contributed by atoms with Gasteiger partial charge in [0, 0.05) is 31.2 Å². The normalized spacial score (nSPS) is 13.3. The Kier molecular flexibility index (Phi) is 6.32. The average molecular weight is 328 g/mol. The van der Waals surface area contributed by atoms with Crippen LogP contribution in [0.2, 0.25) is 0 Å². The van der Waals surface area contributed by atoms with Crippen LogP contribution in [0, 0.1) is 5.92 Å². The standard InChI is InChI=1S/C19H24N2O3/c1-13(12-22)14(2)21-18(23)9-10-20-19(24)17-8-7-15-5-3-4-6-16(15)11-17/h3-8,11,13-14,22H,9-10,12H2,1-2H3,(H,20,24)(H,21,23). The minimum Gasteiger partial charge on any atom is -0.396 e. The molecule has 0 spiro atoms. The number of hydrogen-bond acceptors (Lipinski definition) is 3. The Morgan fingerprint density at radius 2 is 1.79 bits per heavy atom. The number of benzene rings is 2. The summed E-state index contributed by atoms with van der Waals surface area (Å²) in [5.74, 6) is -0.326. The second-order valence-electron chi connectivity index (χ2n) is 6.08. The zero-order valence-corrected chi connectivity index (χ0v) is 14.1. The molecule has 0 aliphatic heterocycles. The van der Waals surface area contributed by atoms with Crippen molar-refractivity contribution >= 4 is 22.6 Å². The molecule has 5 nitrogen and oxygen atoms in total. The molecule has 2 atom stereocenters. The van der Waals surface area contributed by atoms with E-state index in [0.29, 0.717) is 5.56 Å². The highest BCUT2D eigenvalue weighted by Gasteiger charge is 2.14. The molecule has 0 radical (unpaired) electrons. The molecule has 128 valence electrons. The van der Waals surface area contributed by atoms with Crippen molar-refractivity contribution < 1.29 is 14.7 Å². The number of fused-ring (bicyclic) bond motifs is 1. The van der Waals surface area contributed by atoms with Crippen LogP contribution >= 0.6 is 0 Å². The molecule has 2 rings (SSSR count). The van der Waals surface area contributed by atoms with Gasteiger partial charge in [0.25, 0.3) is 5.91 Å². The van der Waals surface area contributed by atoms with Crippen LogP contribution in [0.1, 0.15) is 30.6 Å². The monoisotopic (exact) mass is 328 g/mol. The molecule has 2 aromatic carbocycles. The first-order valence-electron chi connectivity index (χ1n) is 8.18. The molecule has 5 heteroatoms. The van der Waals surface area contributed by atoms with Crippen LogP contribution in [0.5, 0.6) is 0 Å². The lowest BCUT2D eigenvalue weighted by molar-refractivity contribution is -0.121. The molecule has 0 aliphatic rings. The molecule has 2 amide bonds. The number of hydrogen-bond donors (Lipinski definition) is 3. The Labute approximate surface area is 142 Å². The third-order valence-electron chi connectivity index (χ3n) is 4.18. The molecule has 0 saturated heterocycles. The molecule has 24 heavy (non-hydrogen) atoms. The van der Waals surface area contributed by atoms with E-state index in [9.17, 15) is 9.59 Å². The number of carbonyl (C=O) groups is 2. The van der Waals surface area contributed by atoms with Crippen molar-refractivity contribution in [1.29, 1.82) is 0 Å². The summed E-state index contributed by atoms with van der Waals surface area (Å²) in [7, 11) is 0. The van der Waals surface area contributed by atoms with Gasteiger partial charge in [-0.15, -0.1) is 0 Å². The van der Waals surface area contributed by atoms with E-state index in [4.69, 9.17) is 5.11 Å². The van der Waals surface area contributed by atoms with Gasteiger partial charge in [0.05, 0.1) is 0 Å². The molecule has 0 aromatic heterocycles. The van der Waals surface area contributed by atoms with Crippen molar-refractivity contribution in [2.24, 2.45) is 5.92 Å². The summed E-state index contributed by atoms with van der Waals surface area (Å²) in [6, 6.07) is 13.3. The summed E-state index contributed by atoms with van der Waals surface area (Å²) in [5.41, 5.74) is 0.580. The Morgan fingerprint density at radius 1 is 1.08 bits per heavy atom. The molecular formula is C19H24N2O3. The van der Waals surface area contributed by atoms with Crippen molar-refractivity contribution in [2.75, 3.05) is 13.2 Å². The van der Waals surface area contributed by atoms with E-state index in [2.05, 4.69) is 10.6 Å². The lowest BCUT2D eigenvalue weighted by Gasteiger charge is -2.19. The molecular weight excluding hydrogens is 304 g/mol. The van der Waals surface area contributed by atoms with Crippen LogP contribution in [0.3, 0.4) is 0 Å². The van der Waals surface area contributed by atoms with Crippen molar-refractivity contribution in [1.82, 2.24) is 10.6 Å². The number of amides is 2. The van der Waals surface area contributed by atoms with Crippen LogP contribution in [0.15, 0.2) is 42.5 Å². The first-order chi connectivity index (χ1) is 11.5. The minimum atomic E-state index is -0.190. The summed E-state index contributed by atoms with van der Waals surface area (Å²) in [6.45, 7) is 4.02. The number of carbonyl (C=O) groups excluding carboxylic acids is 2. The zero-order chi connectivity index (χ0) is 17.5. The zero-order valence-electron chi connectivity index (χ0n) is 14.1. The predicted molar refractivity (Wildman–Crippen MR) is 94.8 cm³/mol. The maximum Gasteiger partial charge on any atom is 0.251 e. The third-order valence-corrected chi connectivity index (χ3v) is 4.18. The quantitative estimate of drug-likeness (QED) is 0.728. The minimum absolute atomic E-state index is 0.00106. The van der Waals surface area contributed by atoms with Crippen molar-refractivity contribution in [3.8, 4) is 0 Å². The highest BCUT2D eigenvalue weighted by atomic mass is 16.3. The van der Waals surface area contributed by atoms with Crippen molar-refractivity contribution in [2.45, 2.75) is 26.3 Å². The second kappa shape index (κ2) is 8.45. The fourth-order valence-corrected chi connectivity index (χ4v) is 2.35. The molecule has 0 bridgehead atoms. The lowest BCUT2D eigenvalue weighted by atomic mass is 10.1. The summed E-state index contributed by atoms with van der Waals surface area (Å²) >= 11 is 0. The van der Waals surface area contributed by atoms with Gasteiger partial charge < -0.3 is 15.7 Å².